The summed E-state index contributed by atoms with van der Waals surface area (Å²) in [6.07, 6.45) is 1.59. The summed E-state index contributed by atoms with van der Waals surface area (Å²) in [7, 11) is 3.02. The van der Waals surface area contributed by atoms with E-state index in [9.17, 15) is 14.0 Å². The van der Waals surface area contributed by atoms with Gasteiger partial charge in [0.1, 0.15) is 11.8 Å². The third-order valence-corrected chi connectivity index (χ3v) is 6.14. The Hall–Kier alpha value is -3.13. The minimum atomic E-state index is -0.630. The van der Waals surface area contributed by atoms with Crippen LogP contribution in [0.5, 0.6) is 11.5 Å². The number of likely N-dealkylation sites (tertiary alicyclic amines) is 1. The molecular formula is C26H34FN3O4. The fourth-order valence-electron chi connectivity index (χ4n) is 4.09. The number of benzene rings is 2. The van der Waals surface area contributed by atoms with Gasteiger partial charge >= 0.3 is 0 Å². The van der Waals surface area contributed by atoms with Crippen LogP contribution < -0.4 is 20.1 Å². The molecule has 0 bridgehead atoms. The fourth-order valence-corrected chi connectivity index (χ4v) is 4.09. The van der Waals surface area contributed by atoms with E-state index in [4.69, 9.17) is 9.47 Å². The summed E-state index contributed by atoms with van der Waals surface area (Å²) < 4.78 is 24.1. The summed E-state index contributed by atoms with van der Waals surface area (Å²) >= 11 is 0. The van der Waals surface area contributed by atoms with Gasteiger partial charge in [0.05, 0.1) is 14.2 Å². The van der Waals surface area contributed by atoms with Crippen LogP contribution in [0.3, 0.4) is 0 Å². The zero-order chi connectivity index (χ0) is 24.7. The zero-order valence-electron chi connectivity index (χ0n) is 20.3. The van der Waals surface area contributed by atoms with Crippen LogP contribution in [0.15, 0.2) is 42.5 Å². The molecular weight excluding hydrogens is 437 g/mol. The molecule has 1 fully saturated rings. The van der Waals surface area contributed by atoms with Crippen molar-refractivity contribution in [2.24, 2.45) is 5.92 Å². The van der Waals surface area contributed by atoms with Gasteiger partial charge in [-0.2, -0.15) is 0 Å². The Labute approximate surface area is 200 Å². The molecule has 1 aliphatic rings. The quantitative estimate of drug-likeness (QED) is 0.586. The van der Waals surface area contributed by atoms with E-state index < -0.39 is 6.04 Å². The monoisotopic (exact) mass is 471 g/mol. The van der Waals surface area contributed by atoms with Gasteiger partial charge in [-0.1, -0.05) is 19.9 Å². The van der Waals surface area contributed by atoms with Crippen molar-refractivity contribution >= 4 is 11.8 Å². The van der Waals surface area contributed by atoms with Gasteiger partial charge in [0.15, 0.2) is 11.6 Å². The van der Waals surface area contributed by atoms with Crippen LogP contribution in [0.25, 0.3) is 0 Å². The average Bonchev–Trinajstić information content (AvgIpc) is 2.83. The highest BCUT2D eigenvalue weighted by molar-refractivity contribution is 5.97. The normalized spacial score (nSPS) is 15.6. The third kappa shape index (κ3) is 6.70. The van der Waals surface area contributed by atoms with Crippen LogP contribution in [0.2, 0.25) is 0 Å². The number of piperidine rings is 1. The molecule has 2 aromatic carbocycles. The number of halogens is 1. The predicted molar refractivity (Wildman–Crippen MR) is 128 cm³/mol. The highest BCUT2D eigenvalue weighted by atomic mass is 19.1. The summed E-state index contributed by atoms with van der Waals surface area (Å²) in [6.45, 7) is 6.06. The number of nitrogens with one attached hydrogen (secondary N) is 2. The number of hydrogen-bond acceptors (Lipinski definition) is 5. The van der Waals surface area contributed by atoms with Gasteiger partial charge in [0.2, 0.25) is 5.91 Å². The van der Waals surface area contributed by atoms with Crippen molar-refractivity contribution in [1.29, 1.82) is 0 Å². The van der Waals surface area contributed by atoms with Crippen molar-refractivity contribution < 1.29 is 23.5 Å². The van der Waals surface area contributed by atoms with Gasteiger partial charge < -0.3 is 20.1 Å². The number of methoxy groups -OCH3 is 2. The minimum Gasteiger partial charge on any atom is -0.497 e. The van der Waals surface area contributed by atoms with E-state index in [2.05, 4.69) is 15.5 Å². The summed E-state index contributed by atoms with van der Waals surface area (Å²) in [5.74, 6) is 0.0125. The molecule has 1 unspecified atom stereocenters. The Bertz CT molecular complexity index is 973. The van der Waals surface area contributed by atoms with Crippen LogP contribution in [0.4, 0.5) is 4.39 Å². The molecule has 1 aliphatic heterocycles. The van der Waals surface area contributed by atoms with Crippen LogP contribution in [0.1, 0.15) is 42.6 Å². The Morgan fingerprint density at radius 3 is 2.29 bits per heavy atom. The summed E-state index contributed by atoms with van der Waals surface area (Å²) in [5, 5.41) is 5.97. The van der Waals surface area contributed by atoms with Crippen molar-refractivity contribution in [1.82, 2.24) is 15.5 Å². The van der Waals surface area contributed by atoms with Gasteiger partial charge in [-0.25, -0.2) is 4.39 Å². The second kappa shape index (κ2) is 11.8. The maximum absolute atomic E-state index is 14.0. The fraction of sp³-hybridized carbons (Fsp3) is 0.462. The van der Waals surface area contributed by atoms with Crippen molar-refractivity contribution in [3.8, 4) is 11.5 Å². The van der Waals surface area contributed by atoms with Gasteiger partial charge in [-0.05, 0) is 60.7 Å². The Morgan fingerprint density at radius 1 is 1.06 bits per heavy atom. The van der Waals surface area contributed by atoms with Crippen molar-refractivity contribution in [3.63, 3.8) is 0 Å². The predicted octanol–water partition coefficient (Wildman–Crippen LogP) is 3.38. The lowest BCUT2D eigenvalue weighted by Crippen LogP contribution is -2.53. The molecule has 8 heteroatoms. The Morgan fingerprint density at radius 2 is 1.74 bits per heavy atom. The molecule has 1 heterocycles. The highest BCUT2D eigenvalue weighted by Gasteiger charge is 2.28. The summed E-state index contributed by atoms with van der Waals surface area (Å²) in [4.78, 5) is 27.9. The van der Waals surface area contributed by atoms with E-state index in [-0.39, 0.29) is 35.3 Å². The van der Waals surface area contributed by atoms with Crippen molar-refractivity contribution in [2.45, 2.75) is 45.3 Å². The molecule has 2 aromatic rings. The van der Waals surface area contributed by atoms with E-state index in [1.807, 2.05) is 19.9 Å². The van der Waals surface area contributed by atoms with E-state index in [1.54, 1.807) is 37.4 Å². The summed E-state index contributed by atoms with van der Waals surface area (Å²) in [6, 6.07) is 11.2. The van der Waals surface area contributed by atoms with Crippen LogP contribution in [-0.4, -0.2) is 56.1 Å². The van der Waals surface area contributed by atoms with Crippen LogP contribution in [0, 0.1) is 11.7 Å². The largest absolute Gasteiger partial charge is 0.497 e. The van der Waals surface area contributed by atoms with E-state index in [0.717, 1.165) is 31.5 Å². The molecule has 3 rings (SSSR count). The lowest BCUT2D eigenvalue weighted by Gasteiger charge is -2.33. The molecule has 7 nitrogen and oxygen atoms in total. The molecule has 1 atom stereocenters. The number of hydrogen-bond donors (Lipinski definition) is 2. The number of carbonyl (C=O) groups excluding carboxylic acids is 2. The van der Waals surface area contributed by atoms with Gasteiger partial charge in [-0.15, -0.1) is 0 Å². The average molecular weight is 472 g/mol. The number of nitrogens with zero attached hydrogens (tertiary/aromatic N) is 1. The second-order valence-corrected chi connectivity index (χ2v) is 8.95. The van der Waals surface area contributed by atoms with Gasteiger partial charge in [0.25, 0.3) is 5.91 Å². The number of ether oxygens (including phenoxy) is 2. The first kappa shape index (κ1) is 25.5. The molecule has 34 heavy (non-hydrogen) atoms. The molecule has 0 aromatic heterocycles. The number of amides is 2. The van der Waals surface area contributed by atoms with Gasteiger partial charge in [-0.3, -0.25) is 14.5 Å². The SMILES string of the molecule is COc1ccc(C(=O)NC(C(=O)NC2CCN(Cc3ccc(OC)c(F)c3)CC2)C(C)C)cc1. The maximum Gasteiger partial charge on any atom is 0.251 e. The van der Waals surface area contributed by atoms with E-state index in [0.29, 0.717) is 17.9 Å². The molecule has 0 aliphatic carbocycles. The second-order valence-electron chi connectivity index (χ2n) is 8.95. The molecule has 0 radical (unpaired) electrons. The molecule has 184 valence electrons. The first-order chi connectivity index (χ1) is 16.3. The maximum atomic E-state index is 14.0. The van der Waals surface area contributed by atoms with Crippen LogP contribution in [-0.2, 0) is 11.3 Å². The zero-order valence-corrected chi connectivity index (χ0v) is 20.3. The van der Waals surface area contributed by atoms with Crippen molar-refractivity contribution in [3.05, 3.63) is 59.4 Å². The number of carbonyl (C=O) groups is 2. The topological polar surface area (TPSA) is 79.9 Å². The lowest BCUT2D eigenvalue weighted by molar-refractivity contribution is -0.125. The first-order valence-electron chi connectivity index (χ1n) is 11.6. The standard InChI is InChI=1S/C26H34FN3O4/c1-17(2)24(29-25(31)19-6-8-21(33-3)9-7-19)26(32)28-20-11-13-30(14-12-20)16-18-5-10-23(34-4)22(27)15-18/h5-10,15,17,20,24H,11-14,16H2,1-4H3,(H,28,32)(H,29,31). The molecule has 0 spiro atoms. The molecule has 2 amide bonds. The molecule has 2 N–H and O–H groups in total. The highest BCUT2D eigenvalue weighted by Crippen LogP contribution is 2.20. The van der Waals surface area contributed by atoms with Crippen LogP contribution >= 0.6 is 0 Å². The number of rotatable bonds is 9. The van der Waals surface area contributed by atoms with Gasteiger partial charge in [0, 0.05) is 31.2 Å². The van der Waals surface area contributed by atoms with Crippen molar-refractivity contribution in [2.75, 3.05) is 27.3 Å². The lowest BCUT2D eigenvalue weighted by atomic mass is 10.00. The Balaban J connectivity index is 1.50. The van der Waals surface area contributed by atoms with E-state index >= 15 is 0 Å². The molecule has 1 saturated heterocycles. The first-order valence-corrected chi connectivity index (χ1v) is 11.6. The third-order valence-electron chi connectivity index (χ3n) is 6.14. The Kier molecular flexibility index (Phi) is 8.87. The minimum absolute atomic E-state index is 0.0375. The van der Waals surface area contributed by atoms with E-state index in [1.165, 1.54) is 13.2 Å². The smallest absolute Gasteiger partial charge is 0.251 e. The molecule has 0 saturated carbocycles. The summed E-state index contributed by atoms with van der Waals surface area (Å²) in [5.41, 5.74) is 1.37.